The molecule has 3 aromatic rings. The Balaban J connectivity index is 2.10. The van der Waals surface area contributed by atoms with E-state index in [1.54, 1.807) is 24.3 Å². The third kappa shape index (κ3) is 3.87. The van der Waals surface area contributed by atoms with Gasteiger partial charge < -0.3 is 4.42 Å². The molecule has 0 amide bonds. The van der Waals surface area contributed by atoms with Crippen molar-refractivity contribution in [2.24, 2.45) is 0 Å². The largest absolute Gasteiger partial charge is 0.421 e. The van der Waals surface area contributed by atoms with Crippen LogP contribution in [0.5, 0.6) is 0 Å². The van der Waals surface area contributed by atoms with E-state index in [-0.39, 0.29) is 10.5 Å². The zero-order valence-corrected chi connectivity index (χ0v) is 16.8. The Labute approximate surface area is 161 Å². The maximum absolute atomic E-state index is 12.3. The van der Waals surface area contributed by atoms with Gasteiger partial charge in [0.25, 0.3) is 0 Å². The van der Waals surface area contributed by atoms with Gasteiger partial charge in [0.1, 0.15) is 5.56 Å². The normalized spacial score (nSPS) is 11.2. The average molecular weight is 482 g/mol. The fraction of sp³-hybridized carbons (Fsp3) is 0.0556. The first-order valence-corrected chi connectivity index (χ1v) is 10.1. The Bertz CT molecular complexity index is 1200. The fourth-order valence-electron chi connectivity index (χ4n) is 2.14. The molecule has 0 aliphatic heterocycles. The van der Waals surface area contributed by atoms with E-state index in [9.17, 15) is 13.2 Å². The predicted octanol–water partition coefficient (Wildman–Crippen LogP) is 4.41. The van der Waals surface area contributed by atoms with Crippen LogP contribution in [0.3, 0.4) is 0 Å². The van der Waals surface area contributed by atoms with Crippen LogP contribution < -0.4 is 5.63 Å². The van der Waals surface area contributed by atoms with Gasteiger partial charge in [-0.15, -0.1) is 0 Å². The lowest BCUT2D eigenvalue weighted by Gasteiger charge is -2.01. The molecule has 0 fully saturated rings. The molecule has 0 saturated heterocycles. The average Bonchev–Trinajstić information content (AvgIpc) is 2.54. The summed E-state index contributed by atoms with van der Waals surface area (Å²) in [6.45, 7) is 1.86. The predicted molar refractivity (Wildman–Crippen MR) is 103 cm³/mol. The van der Waals surface area contributed by atoms with Gasteiger partial charge in [0.15, 0.2) is 5.58 Å². The van der Waals surface area contributed by atoms with Gasteiger partial charge in [0.05, 0.1) is 9.37 Å². The van der Waals surface area contributed by atoms with Crippen molar-refractivity contribution in [2.45, 2.75) is 11.8 Å². The lowest BCUT2D eigenvalue weighted by atomic mass is 10.2. The van der Waals surface area contributed by atoms with Gasteiger partial charge in [-0.3, -0.25) is 0 Å². The maximum atomic E-state index is 12.3. The van der Waals surface area contributed by atoms with Gasteiger partial charge >= 0.3 is 5.63 Å². The second-order valence-corrected chi connectivity index (χ2v) is 8.75. The summed E-state index contributed by atoms with van der Waals surface area (Å²) in [5.41, 5.74) is 0.605. The van der Waals surface area contributed by atoms with E-state index in [4.69, 9.17) is 4.42 Å². The van der Waals surface area contributed by atoms with Gasteiger partial charge in [-0.05, 0) is 59.1 Å². The molecule has 7 heteroatoms. The Morgan fingerprint density at radius 3 is 2.40 bits per heavy atom. The number of hydrogen-bond donors (Lipinski definition) is 0. The molecule has 4 nitrogen and oxygen atoms in total. The summed E-state index contributed by atoms with van der Waals surface area (Å²) < 4.78 is 31.2. The fourth-order valence-corrected chi connectivity index (χ4v) is 4.34. The number of hydrogen-bond acceptors (Lipinski definition) is 4. The number of benzene rings is 2. The van der Waals surface area contributed by atoms with Crippen molar-refractivity contribution < 1.29 is 12.8 Å². The van der Waals surface area contributed by atoms with Crippen LogP contribution in [0.25, 0.3) is 11.0 Å². The molecule has 0 saturated carbocycles. The first-order chi connectivity index (χ1) is 11.8. The summed E-state index contributed by atoms with van der Waals surface area (Å²) in [5, 5.41) is 2.81. The minimum atomic E-state index is -3.82. The highest BCUT2D eigenvalue weighted by atomic mass is 79.9. The maximum Gasteiger partial charge on any atom is 0.352 e. The molecule has 0 spiro atoms. The van der Waals surface area contributed by atoms with E-state index in [0.29, 0.717) is 15.4 Å². The minimum absolute atomic E-state index is 0.0202. The second-order valence-electron chi connectivity index (χ2n) is 5.30. The van der Waals surface area contributed by atoms with Crippen molar-refractivity contribution in [1.29, 1.82) is 0 Å². The van der Waals surface area contributed by atoms with Crippen LogP contribution in [0.4, 0.5) is 0 Å². The molecule has 0 N–H and O–H groups in total. The van der Waals surface area contributed by atoms with Crippen LogP contribution in [-0.2, 0) is 9.84 Å². The van der Waals surface area contributed by atoms with Crippen molar-refractivity contribution >= 4 is 52.7 Å². The highest BCUT2D eigenvalue weighted by Crippen LogP contribution is 2.27. The number of sulfone groups is 1. The SMILES string of the molecule is Cc1ccc(S(=O)(=O)C#Cc2cc3cc(Br)cc(Br)c3oc2=O)cc1. The number of aryl methyl sites for hydroxylation is 1. The van der Waals surface area contributed by atoms with Crippen LogP contribution in [0.2, 0.25) is 0 Å². The third-order valence-electron chi connectivity index (χ3n) is 3.40. The molecule has 1 heterocycles. The Kier molecular flexibility index (Phi) is 4.87. The second kappa shape index (κ2) is 6.79. The molecule has 0 atom stereocenters. The van der Waals surface area contributed by atoms with Crippen LogP contribution in [0.1, 0.15) is 11.1 Å². The first kappa shape index (κ1) is 17.9. The van der Waals surface area contributed by atoms with Crippen molar-refractivity contribution in [3.63, 3.8) is 0 Å². The molecule has 0 aliphatic rings. The third-order valence-corrected chi connectivity index (χ3v) is 5.71. The Hall–Kier alpha value is -1.88. The van der Waals surface area contributed by atoms with E-state index < -0.39 is 15.5 Å². The molecular weight excluding hydrogens is 472 g/mol. The Morgan fingerprint density at radius 1 is 1.04 bits per heavy atom. The highest BCUT2D eigenvalue weighted by Gasteiger charge is 2.12. The lowest BCUT2D eigenvalue weighted by molar-refractivity contribution is 0.557. The quantitative estimate of drug-likeness (QED) is 0.381. The van der Waals surface area contributed by atoms with Crippen molar-refractivity contribution in [3.05, 3.63) is 73.0 Å². The molecule has 3 rings (SSSR count). The summed E-state index contributed by atoms with van der Waals surface area (Å²) in [5.74, 6) is 2.42. The molecule has 2 aromatic carbocycles. The molecule has 0 bridgehead atoms. The summed E-state index contributed by atoms with van der Waals surface area (Å²) >= 11 is 6.67. The minimum Gasteiger partial charge on any atom is -0.421 e. The van der Waals surface area contributed by atoms with E-state index >= 15 is 0 Å². The summed E-state index contributed by atoms with van der Waals surface area (Å²) in [7, 11) is -3.82. The lowest BCUT2D eigenvalue weighted by Crippen LogP contribution is -2.04. The first-order valence-electron chi connectivity index (χ1n) is 7.04. The molecule has 0 radical (unpaired) electrons. The number of fused-ring (bicyclic) bond motifs is 1. The van der Waals surface area contributed by atoms with Crippen LogP contribution in [-0.4, -0.2) is 8.42 Å². The zero-order valence-electron chi connectivity index (χ0n) is 12.8. The Morgan fingerprint density at radius 2 is 1.72 bits per heavy atom. The van der Waals surface area contributed by atoms with Crippen molar-refractivity contribution in [1.82, 2.24) is 0 Å². The zero-order chi connectivity index (χ0) is 18.2. The van der Waals surface area contributed by atoms with Crippen LogP contribution >= 0.6 is 31.9 Å². The summed E-state index contributed by atoms with van der Waals surface area (Å²) in [6, 6.07) is 11.4. The van der Waals surface area contributed by atoms with E-state index in [2.05, 4.69) is 43.0 Å². The smallest absolute Gasteiger partial charge is 0.352 e. The van der Waals surface area contributed by atoms with Gasteiger partial charge in [-0.2, -0.15) is 0 Å². The highest BCUT2D eigenvalue weighted by molar-refractivity contribution is 9.11. The van der Waals surface area contributed by atoms with Gasteiger partial charge in [0, 0.05) is 15.1 Å². The molecule has 0 unspecified atom stereocenters. The van der Waals surface area contributed by atoms with Crippen LogP contribution in [0.15, 0.2) is 65.5 Å². The standard InChI is InChI=1S/C18H10Br2O4S/c1-11-2-4-15(5-3-11)25(22,23)7-6-12-8-13-9-14(19)10-16(20)17(13)24-18(12)21/h2-5,8-10H,1H3. The molecule has 25 heavy (non-hydrogen) atoms. The number of rotatable bonds is 1. The van der Waals surface area contributed by atoms with Gasteiger partial charge in [-0.1, -0.05) is 33.6 Å². The van der Waals surface area contributed by atoms with E-state index in [0.717, 1.165) is 10.0 Å². The van der Waals surface area contributed by atoms with E-state index in [1.165, 1.54) is 18.2 Å². The van der Waals surface area contributed by atoms with Gasteiger partial charge in [-0.25, -0.2) is 13.2 Å². The number of halogens is 2. The molecule has 1 aromatic heterocycles. The monoisotopic (exact) mass is 480 g/mol. The van der Waals surface area contributed by atoms with Crippen LogP contribution in [0, 0.1) is 18.1 Å². The molecular formula is C18H10Br2O4S. The topological polar surface area (TPSA) is 64.3 Å². The van der Waals surface area contributed by atoms with E-state index in [1.807, 2.05) is 6.92 Å². The summed E-state index contributed by atoms with van der Waals surface area (Å²) in [4.78, 5) is 12.2. The molecule has 0 aliphatic carbocycles. The van der Waals surface area contributed by atoms with Crippen molar-refractivity contribution in [3.8, 4) is 11.2 Å². The summed E-state index contributed by atoms with van der Waals surface area (Å²) in [6.07, 6.45) is 0. The van der Waals surface area contributed by atoms with Crippen molar-refractivity contribution in [2.75, 3.05) is 0 Å². The molecule has 126 valence electrons. The van der Waals surface area contributed by atoms with Gasteiger partial charge in [0.2, 0.25) is 9.84 Å².